The van der Waals surface area contributed by atoms with Crippen LogP contribution >= 0.6 is 11.3 Å². The van der Waals surface area contributed by atoms with E-state index in [4.69, 9.17) is 9.97 Å². The van der Waals surface area contributed by atoms with E-state index >= 15 is 0 Å². The van der Waals surface area contributed by atoms with Crippen LogP contribution in [-0.2, 0) is 6.42 Å². The first kappa shape index (κ1) is 27.3. The summed E-state index contributed by atoms with van der Waals surface area (Å²) in [5.41, 5.74) is 5.05. The van der Waals surface area contributed by atoms with Crippen molar-refractivity contribution in [1.82, 2.24) is 9.97 Å². The van der Waals surface area contributed by atoms with Crippen molar-refractivity contribution < 1.29 is 0 Å². The van der Waals surface area contributed by atoms with E-state index in [-0.39, 0.29) is 5.41 Å². The molecule has 38 heavy (non-hydrogen) atoms. The number of benzene rings is 3. The van der Waals surface area contributed by atoms with Gasteiger partial charge < -0.3 is 0 Å². The van der Waals surface area contributed by atoms with Gasteiger partial charge in [-0.15, -0.1) is 0 Å². The molecule has 0 saturated heterocycles. The van der Waals surface area contributed by atoms with Gasteiger partial charge in [-0.3, -0.25) is 0 Å². The molecule has 0 unspecified atom stereocenters. The molecule has 5 rings (SSSR count). The molecule has 0 atom stereocenters. The van der Waals surface area contributed by atoms with E-state index in [0.717, 1.165) is 17.6 Å². The van der Waals surface area contributed by atoms with Crippen molar-refractivity contribution in [3.63, 3.8) is 0 Å². The number of nitrogens with zero attached hydrogens (tertiary/aromatic N) is 2. The summed E-state index contributed by atoms with van der Waals surface area (Å²) in [4.78, 5) is 9.73. The molecule has 2 heterocycles. The Bertz CT molecular complexity index is 1600. The average Bonchev–Trinajstić information content (AvgIpc) is 3.20. The number of thiophene rings is 1. The second kappa shape index (κ2) is 10.1. The molecule has 2 nitrogen and oxygen atoms in total. The van der Waals surface area contributed by atoms with Crippen molar-refractivity contribution in [3.05, 3.63) is 66.5 Å². The molecule has 0 aliphatic carbocycles. The van der Waals surface area contributed by atoms with Crippen molar-refractivity contribution >= 4 is 60.1 Å². The predicted octanol–water partition coefficient (Wildman–Crippen LogP) is 10.1. The molecule has 0 saturated carbocycles. The van der Waals surface area contributed by atoms with E-state index < -0.39 is 13.3 Å². The molecule has 2 aromatic heterocycles. The standard InChI is InChI=1S/C34H42GeN2S/c1-21(2)35(22(3)4,23(5)6)29-18-26(17-25-12-10-11-13-27(25)29)31-33-32(37-20-36-31)28-15-14-24(16-30(28)38-33)19-34(7,8)9/h10-18,20-23H,19H2,1-9H3. The van der Waals surface area contributed by atoms with Crippen molar-refractivity contribution in [2.75, 3.05) is 0 Å². The van der Waals surface area contributed by atoms with Crippen LogP contribution in [0.3, 0.4) is 0 Å². The Balaban J connectivity index is 1.79. The van der Waals surface area contributed by atoms with E-state index in [0.29, 0.717) is 14.3 Å². The summed E-state index contributed by atoms with van der Waals surface area (Å²) in [7, 11) is 0. The van der Waals surface area contributed by atoms with Gasteiger partial charge in [0.25, 0.3) is 0 Å². The molecule has 0 aliphatic heterocycles. The van der Waals surface area contributed by atoms with E-state index in [9.17, 15) is 0 Å². The summed E-state index contributed by atoms with van der Waals surface area (Å²) < 4.78 is 6.20. The van der Waals surface area contributed by atoms with Crippen molar-refractivity contribution in [1.29, 1.82) is 0 Å². The molecule has 0 radical (unpaired) electrons. The van der Waals surface area contributed by atoms with Crippen molar-refractivity contribution in [2.24, 2.45) is 5.41 Å². The normalized spacial score (nSPS) is 13.2. The molecule has 4 heteroatoms. The molecule has 0 spiro atoms. The maximum atomic E-state index is 4.94. The Hall–Kier alpha value is -2.24. The Labute approximate surface area is 235 Å². The molecule has 0 aliphatic rings. The van der Waals surface area contributed by atoms with Crippen LogP contribution in [-0.4, -0.2) is 23.2 Å². The predicted molar refractivity (Wildman–Crippen MR) is 172 cm³/mol. The van der Waals surface area contributed by atoms with Gasteiger partial charge in [0.1, 0.15) is 0 Å². The average molecular weight is 583 g/mol. The van der Waals surface area contributed by atoms with Crippen LogP contribution in [0, 0.1) is 5.41 Å². The van der Waals surface area contributed by atoms with Gasteiger partial charge in [0, 0.05) is 0 Å². The molecule has 3 aromatic carbocycles. The summed E-state index contributed by atoms with van der Waals surface area (Å²) >= 11 is -0.732. The van der Waals surface area contributed by atoms with Gasteiger partial charge in [-0.1, -0.05) is 0 Å². The van der Waals surface area contributed by atoms with Gasteiger partial charge in [-0.25, -0.2) is 0 Å². The van der Waals surface area contributed by atoms with Gasteiger partial charge in [0.05, 0.1) is 0 Å². The minimum atomic E-state index is -2.58. The summed E-state index contributed by atoms with van der Waals surface area (Å²) in [5, 5.41) is 4.02. The Morgan fingerprint density at radius 1 is 0.789 bits per heavy atom. The van der Waals surface area contributed by atoms with Gasteiger partial charge in [0.2, 0.25) is 0 Å². The zero-order chi connectivity index (χ0) is 27.4. The van der Waals surface area contributed by atoms with E-state index in [2.05, 4.69) is 117 Å². The summed E-state index contributed by atoms with van der Waals surface area (Å²) in [5.74, 6) is 0. The van der Waals surface area contributed by atoms with Gasteiger partial charge in [-0.05, 0) is 0 Å². The molecule has 0 N–H and O–H groups in total. The Kier molecular flexibility index (Phi) is 7.24. The quantitative estimate of drug-likeness (QED) is 0.186. The van der Waals surface area contributed by atoms with Gasteiger partial charge in [0.15, 0.2) is 0 Å². The van der Waals surface area contributed by atoms with Crippen LogP contribution < -0.4 is 4.40 Å². The van der Waals surface area contributed by atoms with Crippen LogP contribution in [0.2, 0.25) is 14.3 Å². The van der Waals surface area contributed by atoms with E-state index in [1.807, 2.05) is 11.3 Å². The van der Waals surface area contributed by atoms with Crippen molar-refractivity contribution in [2.45, 2.75) is 83.0 Å². The number of fused-ring (bicyclic) bond motifs is 4. The zero-order valence-corrected chi connectivity index (χ0v) is 27.4. The monoisotopic (exact) mass is 584 g/mol. The van der Waals surface area contributed by atoms with Crippen LogP contribution in [0.5, 0.6) is 0 Å². The molecule has 198 valence electrons. The number of aromatic nitrogens is 2. The van der Waals surface area contributed by atoms with Crippen LogP contribution in [0.25, 0.3) is 42.3 Å². The van der Waals surface area contributed by atoms with Crippen LogP contribution in [0.1, 0.15) is 67.9 Å². The van der Waals surface area contributed by atoms with Crippen molar-refractivity contribution in [3.8, 4) is 11.3 Å². The first-order valence-corrected chi connectivity index (χ1v) is 19.6. The first-order chi connectivity index (χ1) is 17.9. The number of hydrogen-bond donors (Lipinski definition) is 0. The third kappa shape index (κ3) is 4.60. The Morgan fingerprint density at radius 2 is 1.47 bits per heavy atom. The topological polar surface area (TPSA) is 25.8 Å². The molecule has 0 fully saturated rings. The minimum absolute atomic E-state index is 0.262. The van der Waals surface area contributed by atoms with E-state index in [1.54, 1.807) is 10.7 Å². The third-order valence-electron chi connectivity index (χ3n) is 8.52. The second-order valence-electron chi connectivity index (χ2n) is 13.2. The van der Waals surface area contributed by atoms with Gasteiger partial charge >= 0.3 is 236 Å². The first-order valence-electron chi connectivity index (χ1n) is 14.1. The summed E-state index contributed by atoms with van der Waals surface area (Å²) in [6, 6.07) is 20.9. The molecular weight excluding hydrogens is 541 g/mol. The van der Waals surface area contributed by atoms with E-state index in [1.165, 1.54) is 36.7 Å². The molecule has 0 bridgehead atoms. The fraction of sp³-hybridized carbons (Fsp3) is 0.412. The SMILES string of the molecule is C[CH](C)[Ge]([c]1cc(-c2ncnc3c2sc2cc(CC(C)(C)C)ccc23)cc2ccccc12)([CH](C)C)[CH](C)C. The summed E-state index contributed by atoms with van der Waals surface area (Å²) in [6.07, 6.45) is 2.83. The number of hydrogen-bond acceptors (Lipinski definition) is 3. The zero-order valence-electron chi connectivity index (χ0n) is 24.5. The van der Waals surface area contributed by atoms with Crippen LogP contribution in [0.4, 0.5) is 0 Å². The molecule has 5 aromatic rings. The molecule has 0 amide bonds. The third-order valence-corrected chi connectivity index (χ3v) is 24.5. The second-order valence-corrected chi connectivity index (χ2v) is 26.6. The fourth-order valence-electron chi connectivity index (χ4n) is 7.29. The maximum absolute atomic E-state index is 4.94. The number of rotatable bonds is 6. The Morgan fingerprint density at radius 3 is 2.13 bits per heavy atom. The fourth-order valence-corrected chi connectivity index (χ4v) is 23.1. The van der Waals surface area contributed by atoms with Crippen LogP contribution in [0.15, 0.2) is 60.9 Å². The summed E-state index contributed by atoms with van der Waals surface area (Å²) in [6.45, 7) is 21.8. The molecular formula is C34H42GeN2S. The van der Waals surface area contributed by atoms with Gasteiger partial charge in [-0.2, -0.15) is 0 Å².